The van der Waals surface area contributed by atoms with E-state index in [1.54, 1.807) is 0 Å². The van der Waals surface area contributed by atoms with E-state index in [2.05, 4.69) is 79.1 Å². The largest absolute Gasteiger partial charge is 0.392 e. The number of hydrogen-bond donors (Lipinski definition) is 6. The van der Waals surface area contributed by atoms with Gasteiger partial charge in [-0.1, -0.05) is 48.5 Å². The molecule has 8 nitrogen and oxygen atoms in total. The van der Waals surface area contributed by atoms with Crippen LogP contribution in [0.3, 0.4) is 0 Å². The molecule has 38 heavy (non-hydrogen) atoms. The van der Waals surface area contributed by atoms with Crippen molar-refractivity contribution in [3.8, 4) is 33.6 Å². The van der Waals surface area contributed by atoms with Crippen LogP contribution in [0.15, 0.2) is 60.9 Å². The molecule has 6 N–H and O–H groups in total. The van der Waals surface area contributed by atoms with Crippen molar-refractivity contribution in [1.29, 1.82) is 0 Å². The summed E-state index contributed by atoms with van der Waals surface area (Å²) in [5.41, 5.74) is 6.38. The van der Waals surface area contributed by atoms with E-state index in [-0.39, 0.29) is 73.9 Å². The van der Waals surface area contributed by atoms with Crippen molar-refractivity contribution in [3.05, 3.63) is 72.6 Å². The molecule has 2 aromatic carbocycles. The van der Waals surface area contributed by atoms with Crippen LogP contribution in [-0.4, -0.2) is 55.4 Å². The van der Waals surface area contributed by atoms with Gasteiger partial charge in [0.1, 0.15) is 11.6 Å². The number of aromatic amines is 2. The highest BCUT2D eigenvalue weighted by Crippen LogP contribution is 2.29. The number of nitrogens with zero attached hydrogens (tertiary/aromatic N) is 2. The van der Waals surface area contributed by atoms with Crippen molar-refractivity contribution in [3.63, 3.8) is 0 Å². The molecule has 206 valence electrons. The molecule has 2 aliphatic rings. The molecule has 4 aromatic rings. The summed E-state index contributed by atoms with van der Waals surface area (Å²) < 4.78 is 0. The molecule has 2 aromatic heterocycles. The minimum absolute atomic E-state index is 0. The zero-order chi connectivity index (χ0) is 23.1. The first kappa shape index (κ1) is 32.1. The summed E-state index contributed by atoms with van der Waals surface area (Å²) in [6.07, 6.45) is 4.46. The molecule has 0 unspecified atom stereocenters. The summed E-state index contributed by atoms with van der Waals surface area (Å²) in [6, 6.07) is 17.0. The van der Waals surface area contributed by atoms with E-state index in [1.807, 2.05) is 12.4 Å². The quantitative estimate of drug-likeness (QED) is 0.199. The van der Waals surface area contributed by atoms with Gasteiger partial charge in [-0.3, -0.25) is 0 Å². The monoisotopic (exact) mass is 600 g/mol. The molecule has 2 aliphatic heterocycles. The molecular weight excluding hydrogens is 570 g/mol. The number of H-pyrrole nitrogens is 2. The Labute approximate surface area is 246 Å². The number of halogens is 4. The van der Waals surface area contributed by atoms with Crippen molar-refractivity contribution >= 4 is 49.6 Å². The average Bonchev–Trinajstić information content (AvgIpc) is 3.66. The van der Waals surface area contributed by atoms with Gasteiger partial charge in [0.05, 0.1) is 48.1 Å². The fraction of sp³-hybridized carbons (Fsp3) is 0.308. The van der Waals surface area contributed by atoms with Gasteiger partial charge in [-0.25, -0.2) is 9.97 Å². The van der Waals surface area contributed by atoms with Gasteiger partial charge in [0, 0.05) is 13.1 Å². The molecule has 0 spiro atoms. The molecule has 2 saturated heterocycles. The lowest BCUT2D eigenvalue weighted by Gasteiger charge is -2.07. The lowest BCUT2D eigenvalue weighted by molar-refractivity contribution is 0.192. The number of imidazole rings is 2. The number of hydrogen-bond acceptors (Lipinski definition) is 6. The Bertz CT molecular complexity index is 1180. The Balaban J connectivity index is 0.00000127. The minimum atomic E-state index is -0.308. The van der Waals surface area contributed by atoms with E-state index < -0.39 is 0 Å². The predicted octanol–water partition coefficient (Wildman–Crippen LogP) is 4.61. The molecule has 0 amide bonds. The molecule has 12 heteroatoms. The van der Waals surface area contributed by atoms with Gasteiger partial charge < -0.3 is 30.8 Å². The third kappa shape index (κ3) is 6.70. The number of aliphatic hydroxyl groups is 2. The van der Waals surface area contributed by atoms with Gasteiger partial charge in [-0.15, -0.1) is 49.6 Å². The first-order chi connectivity index (χ1) is 16.6. The molecule has 2 fully saturated rings. The second-order valence-electron chi connectivity index (χ2n) is 9.22. The lowest BCUT2D eigenvalue weighted by atomic mass is 10.0. The summed E-state index contributed by atoms with van der Waals surface area (Å²) in [4.78, 5) is 15.8. The standard InChI is InChI=1S/C26H28N6O2.4ClH/c33-19-9-21(27-11-19)25-29-13-23(31-25)17-5-1-15(2-6-17)16-3-7-18(8-4-16)24-14-30-26(32-24)22-10-20(34)12-28-22;;;;/h1-8,13-14,19-22,27-28,33-34H,9-12H2,(H,29,31)(H,30,32);4*1H/t19-,20-,21+,22+;;;;/m1..../s1. The Morgan fingerprint density at radius 1 is 0.553 bits per heavy atom. The van der Waals surface area contributed by atoms with Crippen LogP contribution in [0.4, 0.5) is 0 Å². The third-order valence-corrected chi connectivity index (χ3v) is 6.79. The highest BCUT2D eigenvalue weighted by Gasteiger charge is 2.26. The lowest BCUT2D eigenvalue weighted by Crippen LogP contribution is -2.15. The van der Waals surface area contributed by atoms with Crippen LogP contribution < -0.4 is 10.6 Å². The van der Waals surface area contributed by atoms with Gasteiger partial charge in [-0.2, -0.15) is 0 Å². The van der Waals surface area contributed by atoms with Crippen LogP contribution >= 0.6 is 49.6 Å². The first-order valence-corrected chi connectivity index (χ1v) is 11.8. The van der Waals surface area contributed by atoms with E-state index >= 15 is 0 Å². The van der Waals surface area contributed by atoms with Crippen LogP contribution in [0, 0.1) is 0 Å². The number of aliphatic hydroxyl groups excluding tert-OH is 2. The van der Waals surface area contributed by atoms with E-state index in [1.165, 1.54) is 0 Å². The first-order valence-electron chi connectivity index (χ1n) is 11.8. The zero-order valence-electron chi connectivity index (χ0n) is 20.3. The summed E-state index contributed by atoms with van der Waals surface area (Å²) in [5, 5.41) is 26.1. The summed E-state index contributed by atoms with van der Waals surface area (Å²) in [7, 11) is 0. The van der Waals surface area contributed by atoms with Gasteiger partial charge in [0.2, 0.25) is 0 Å². The maximum Gasteiger partial charge on any atom is 0.123 e. The molecule has 0 bridgehead atoms. The van der Waals surface area contributed by atoms with Crippen molar-refractivity contribution < 1.29 is 10.2 Å². The number of nitrogens with one attached hydrogen (secondary N) is 4. The normalized spacial score (nSPS) is 22.1. The highest BCUT2D eigenvalue weighted by molar-refractivity contribution is 5.86. The van der Waals surface area contributed by atoms with Gasteiger partial charge in [-0.05, 0) is 35.1 Å². The second-order valence-corrected chi connectivity index (χ2v) is 9.22. The van der Waals surface area contributed by atoms with Crippen LogP contribution in [-0.2, 0) is 0 Å². The SMILES string of the molecule is Cl.Cl.Cl.Cl.O[C@H]1CN[C@H](c2ncc(-c3ccc(-c4ccc(-c5cnc([C@@H]6C[C@@H](O)CN6)[nH]5)cc4)cc3)[nH]2)C1. The van der Waals surface area contributed by atoms with Crippen molar-refractivity contribution in [2.75, 3.05) is 13.1 Å². The Kier molecular flexibility index (Phi) is 11.6. The third-order valence-electron chi connectivity index (χ3n) is 6.79. The fourth-order valence-corrected chi connectivity index (χ4v) is 4.86. The number of rotatable bonds is 5. The molecule has 0 saturated carbocycles. The fourth-order valence-electron chi connectivity index (χ4n) is 4.86. The van der Waals surface area contributed by atoms with Crippen molar-refractivity contribution in [1.82, 2.24) is 30.6 Å². The summed E-state index contributed by atoms with van der Waals surface area (Å²) in [6.45, 7) is 1.22. The minimum Gasteiger partial charge on any atom is -0.392 e. The topological polar surface area (TPSA) is 122 Å². The van der Waals surface area contributed by atoms with E-state index in [0.29, 0.717) is 25.9 Å². The summed E-state index contributed by atoms with van der Waals surface area (Å²) >= 11 is 0. The molecule has 4 heterocycles. The Morgan fingerprint density at radius 3 is 1.21 bits per heavy atom. The zero-order valence-corrected chi connectivity index (χ0v) is 23.6. The van der Waals surface area contributed by atoms with Crippen LogP contribution in [0.1, 0.15) is 36.6 Å². The van der Waals surface area contributed by atoms with E-state index in [4.69, 9.17) is 0 Å². The second kappa shape index (κ2) is 13.8. The Hall–Kier alpha value is -2.14. The number of β-amino-alcohol motifs (C(OH)–C–C–N with tert-alkyl or cyclic N) is 2. The van der Waals surface area contributed by atoms with Gasteiger partial charge in [0.15, 0.2) is 0 Å². The van der Waals surface area contributed by atoms with Crippen LogP contribution in [0.2, 0.25) is 0 Å². The predicted molar refractivity (Wildman–Crippen MR) is 159 cm³/mol. The molecule has 0 aliphatic carbocycles. The van der Waals surface area contributed by atoms with Crippen molar-refractivity contribution in [2.24, 2.45) is 0 Å². The van der Waals surface area contributed by atoms with Crippen LogP contribution in [0.5, 0.6) is 0 Å². The highest BCUT2D eigenvalue weighted by atomic mass is 35.5. The smallest absolute Gasteiger partial charge is 0.123 e. The molecular formula is C26H32Cl4N6O2. The summed E-state index contributed by atoms with van der Waals surface area (Å²) in [5.74, 6) is 1.74. The van der Waals surface area contributed by atoms with Crippen LogP contribution in [0.25, 0.3) is 33.6 Å². The van der Waals surface area contributed by atoms with E-state index in [0.717, 1.165) is 45.3 Å². The van der Waals surface area contributed by atoms with Gasteiger partial charge in [0.25, 0.3) is 0 Å². The number of aromatic nitrogens is 4. The molecule has 6 rings (SSSR count). The van der Waals surface area contributed by atoms with E-state index in [9.17, 15) is 10.2 Å². The van der Waals surface area contributed by atoms with Crippen molar-refractivity contribution in [2.45, 2.75) is 37.1 Å². The number of benzene rings is 2. The maximum absolute atomic E-state index is 9.74. The Morgan fingerprint density at radius 2 is 0.895 bits per heavy atom. The molecule has 0 radical (unpaired) electrons. The maximum atomic E-state index is 9.74. The molecule has 4 atom stereocenters. The average molecular weight is 602 g/mol. The van der Waals surface area contributed by atoms with Gasteiger partial charge >= 0.3 is 0 Å².